The van der Waals surface area contributed by atoms with E-state index < -0.39 is 29.5 Å². The number of benzene rings is 2. The van der Waals surface area contributed by atoms with E-state index in [0.29, 0.717) is 121 Å². The van der Waals surface area contributed by atoms with Gasteiger partial charge in [-0.2, -0.15) is 18.2 Å². The number of ether oxygens (including phenoxy) is 5. The third-order valence-electron chi connectivity index (χ3n) is 10.6. The number of fused-ring (bicyclic) bond motifs is 1. The van der Waals surface area contributed by atoms with Crippen molar-refractivity contribution in [2.75, 3.05) is 116 Å². The summed E-state index contributed by atoms with van der Waals surface area (Å²) in [6, 6.07) is 9.49. The second kappa shape index (κ2) is 22.5. The molecule has 3 aliphatic rings. The first-order valence-electron chi connectivity index (χ1n) is 20.8. The molecule has 1 aromatic heterocycles. The van der Waals surface area contributed by atoms with Gasteiger partial charge in [-0.15, -0.1) is 0 Å². The van der Waals surface area contributed by atoms with Gasteiger partial charge in [-0.1, -0.05) is 12.1 Å². The van der Waals surface area contributed by atoms with Crippen LogP contribution in [0.15, 0.2) is 42.6 Å². The van der Waals surface area contributed by atoms with Gasteiger partial charge >= 0.3 is 6.18 Å². The summed E-state index contributed by atoms with van der Waals surface area (Å²) in [6.45, 7) is 4.86. The van der Waals surface area contributed by atoms with Gasteiger partial charge < -0.3 is 54.3 Å². The number of carbonyl (C=O) groups is 5. The molecule has 346 valence electrons. The van der Waals surface area contributed by atoms with Gasteiger partial charge in [0.25, 0.3) is 11.8 Å². The van der Waals surface area contributed by atoms with Crippen LogP contribution in [0.25, 0.3) is 0 Å². The van der Waals surface area contributed by atoms with Crippen LogP contribution < -0.4 is 26.0 Å². The van der Waals surface area contributed by atoms with E-state index in [1.54, 1.807) is 21.9 Å². The SMILES string of the molecule is CNc1nc(Nc2ccc(C(=O)N3CCN(C(=O)CCOCCOCCOCCOCCNc4cccc5c4C(=O)N(C4CCC(=O)NC4=O)C5)CC3)cc2OC)ncc1C(F)(F)F. The minimum Gasteiger partial charge on any atom is -0.495 e. The third-order valence-corrected chi connectivity index (χ3v) is 10.6. The fourth-order valence-electron chi connectivity index (χ4n) is 7.33. The lowest BCUT2D eigenvalue weighted by molar-refractivity contribution is -0.138. The Morgan fingerprint density at radius 2 is 1.55 bits per heavy atom. The number of alkyl halides is 3. The molecule has 2 saturated heterocycles. The predicted octanol–water partition coefficient (Wildman–Crippen LogP) is 2.90. The summed E-state index contributed by atoms with van der Waals surface area (Å²) in [4.78, 5) is 75.7. The van der Waals surface area contributed by atoms with E-state index in [2.05, 4.69) is 31.2 Å². The zero-order valence-electron chi connectivity index (χ0n) is 35.6. The number of piperidine rings is 1. The summed E-state index contributed by atoms with van der Waals surface area (Å²) in [7, 11) is 2.72. The summed E-state index contributed by atoms with van der Waals surface area (Å²) in [6.07, 6.45) is -3.26. The monoisotopic (exact) mass is 899 g/mol. The third kappa shape index (κ3) is 12.3. The number of aromatic nitrogens is 2. The van der Waals surface area contributed by atoms with Crippen LogP contribution in [0.5, 0.6) is 5.75 Å². The van der Waals surface area contributed by atoms with Gasteiger partial charge in [0.15, 0.2) is 0 Å². The standard InChI is InChI=1S/C42H52F3N9O10/c1-46-37-29(42(43,44)45)25-48-41(51-37)49-30-7-6-27(24-33(30)60-2)39(58)53-14-12-52(13-15-53)35(56)10-16-61-18-20-63-22-23-64-21-19-62-17-11-47-31-5-3-4-28-26-54(40(59)36(28)31)32-8-9-34(55)50-38(32)57/h3-7,24-25,32,47H,8-23,26H2,1-2H3,(H,50,55,57)(H2,46,48,49,51). The van der Waals surface area contributed by atoms with Crippen LogP contribution in [0.1, 0.15) is 51.1 Å². The number of nitrogens with zero attached hydrogens (tertiary/aromatic N) is 5. The maximum atomic E-state index is 13.3. The average Bonchev–Trinajstić information content (AvgIpc) is 3.63. The molecule has 0 saturated carbocycles. The maximum absolute atomic E-state index is 13.3. The first kappa shape index (κ1) is 47.4. The molecule has 3 aliphatic heterocycles. The van der Waals surface area contributed by atoms with Gasteiger partial charge in [-0.25, -0.2) is 4.98 Å². The number of methoxy groups -OCH3 is 1. The van der Waals surface area contributed by atoms with E-state index in [4.69, 9.17) is 23.7 Å². The Hall–Kier alpha value is -6.10. The summed E-state index contributed by atoms with van der Waals surface area (Å²) in [5, 5.41) is 10.8. The first-order valence-corrected chi connectivity index (χ1v) is 20.8. The van der Waals surface area contributed by atoms with Gasteiger partial charge in [0, 0.05) is 70.2 Å². The summed E-state index contributed by atoms with van der Waals surface area (Å²) >= 11 is 0. The quantitative estimate of drug-likeness (QED) is 0.0843. The lowest BCUT2D eigenvalue weighted by Gasteiger charge is -2.35. The Labute approximate surface area is 367 Å². The number of halogens is 3. The molecule has 1 unspecified atom stereocenters. The van der Waals surface area contributed by atoms with Crippen LogP contribution in [0.3, 0.4) is 0 Å². The van der Waals surface area contributed by atoms with Gasteiger partial charge in [0.05, 0.1) is 77.6 Å². The smallest absolute Gasteiger partial charge is 0.421 e. The maximum Gasteiger partial charge on any atom is 0.421 e. The highest BCUT2D eigenvalue weighted by Crippen LogP contribution is 2.35. The van der Waals surface area contributed by atoms with Crippen molar-refractivity contribution >= 4 is 52.7 Å². The average molecular weight is 900 g/mol. The number of piperazine rings is 1. The van der Waals surface area contributed by atoms with E-state index in [0.717, 1.165) is 5.56 Å². The molecular formula is C42H52F3N9O10. The van der Waals surface area contributed by atoms with Crippen LogP contribution in [-0.2, 0) is 46.1 Å². The number of amides is 5. The topological polar surface area (TPSA) is 215 Å². The van der Waals surface area contributed by atoms with Crippen LogP contribution in [-0.4, -0.2) is 160 Å². The highest BCUT2D eigenvalue weighted by atomic mass is 19.4. The zero-order valence-corrected chi connectivity index (χ0v) is 35.6. The lowest BCUT2D eigenvalue weighted by atomic mass is 10.0. The highest BCUT2D eigenvalue weighted by Gasteiger charge is 2.40. The van der Waals surface area contributed by atoms with Crippen LogP contribution in [0.2, 0.25) is 0 Å². The van der Waals surface area contributed by atoms with Crippen molar-refractivity contribution in [1.29, 1.82) is 0 Å². The minimum absolute atomic E-state index is 0.0829. The number of nitrogens with one attached hydrogen (secondary N) is 4. The van der Waals surface area contributed by atoms with E-state index in [1.807, 2.05) is 18.2 Å². The van der Waals surface area contributed by atoms with Crippen molar-refractivity contribution in [2.45, 2.75) is 38.0 Å². The second-order valence-corrected chi connectivity index (χ2v) is 14.8. The molecule has 0 radical (unpaired) electrons. The van der Waals surface area contributed by atoms with E-state index in [1.165, 1.54) is 25.1 Å². The Balaban J connectivity index is 0.774. The lowest BCUT2D eigenvalue weighted by Crippen LogP contribution is -2.52. The summed E-state index contributed by atoms with van der Waals surface area (Å²) in [5.41, 5.74) is 1.69. The second-order valence-electron chi connectivity index (χ2n) is 14.8. The molecule has 0 aliphatic carbocycles. The molecule has 22 heteroatoms. The van der Waals surface area contributed by atoms with Gasteiger partial charge in [-0.3, -0.25) is 29.3 Å². The number of hydrogen-bond acceptors (Lipinski definition) is 15. The molecule has 4 heterocycles. The molecule has 2 aromatic carbocycles. The molecule has 19 nitrogen and oxygen atoms in total. The Morgan fingerprint density at radius 3 is 2.20 bits per heavy atom. The van der Waals surface area contributed by atoms with Gasteiger partial charge in [0.1, 0.15) is 23.2 Å². The molecule has 2 fully saturated rings. The predicted molar refractivity (Wildman–Crippen MR) is 224 cm³/mol. The molecule has 5 amide bonds. The van der Waals surface area contributed by atoms with Gasteiger partial charge in [-0.05, 0) is 36.2 Å². The Bertz CT molecular complexity index is 2140. The zero-order chi connectivity index (χ0) is 45.6. The van der Waals surface area contributed by atoms with Crippen LogP contribution >= 0.6 is 0 Å². The fourth-order valence-corrected chi connectivity index (χ4v) is 7.33. The molecule has 0 bridgehead atoms. The van der Waals surface area contributed by atoms with E-state index in [-0.39, 0.29) is 54.8 Å². The molecule has 1 atom stereocenters. The summed E-state index contributed by atoms with van der Waals surface area (Å²) in [5.74, 6) is -1.59. The van der Waals surface area contributed by atoms with Crippen LogP contribution in [0, 0.1) is 0 Å². The summed E-state index contributed by atoms with van der Waals surface area (Å²) < 4.78 is 67.5. The van der Waals surface area contributed by atoms with Crippen LogP contribution in [0.4, 0.5) is 36.3 Å². The van der Waals surface area contributed by atoms with E-state index >= 15 is 0 Å². The largest absolute Gasteiger partial charge is 0.495 e. The number of carbonyl (C=O) groups excluding carboxylic acids is 5. The molecule has 0 spiro atoms. The Morgan fingerprint density at radius 1 is 0.875 bits per heavy atom. The van der Waals surface area contributed by atoms with Crippen molar-refractivity contribution in [3.8, 4) is 5.75 Å². The van der Waals surface area contributed by atoms with E-state index in [9.17, 15) is 37.1 Å². The first-order chi connectivity index (χ1) is 30.9. The molecule has 3 aromatic rings. The molecular weight excluding hydrogens is 848 g/mol. The molecule has 4 N–H and O–H groups in total. The molecule has 6 rings (SSSR count). The van der Waals surface area contributed by atoms with Crippen molar-refractivity contribution < 1.29 is 60.8 Å². The van der Waals surface area contributed by atoms with Gasteiger partial charge in [0.2, 0.25) is 23.7 Å². The van der Waals surface area contributed by atoms with Crippen molar-refractivity contribution in [3.05, 3.63) is 64.8 Å². The Kier molecular flexibility index (Phi) is 16.7. The van der Waals surface area contributed by atoms with Crippen molar-refractivity contribution in [1.82, 2.24) is 30.0 Å². The number of anilines is 4. The fraction of sp³-hybridized carbons (Fsp3) is 0.500. The van der Waals surface area contributed by atoms with Crippen molar-refractivity contribution in [2.24, 2.45) is 0 Å². The number of rotatable bonds is 22. The van der Waals surface area contributed by atoms with Crippen molar-refractivity contribution in [3.63, 3.8) is 0 Å². The normalized spacial score (nSPS) is 16.4. The highest BCUT2D eigenvalue weighted by molar-refractivity contribution is 6.07. The molecule has 64 heavy (non-hydrogen) atoms. The minimum atomic E-state index is -4.63. The number of imide groups is 1. The number of hydrogen-bond donors (Lipinski definition) is 4.